The third-order valence-electron chi connectivity index (χ3n) is 3.38. The molecule has 0 bridgehead atoms. The topological polar surface area (TPSA) is 0 Å². The third-order valence-corrected chi connectivity index (χ3v) is 5.52. The second-order valence-electron chi connectivity index (χ2n) is 5.35. The van der Waals surface area contributed by atoms with Crippen molar-refractivity contribution in [1.82, 2.24) is 0 Å². The fourth-order valence-electron chi connectivity index (χ4n) is 1.94. The Morgan fingerprint density at radius 1 is 1.06 bits per heavy atom. The Bertz CT molecular complexity index is 323. The molecule has 1 aromatic carbocycles. The van der Waals surface area contributed by atoms with Crippen molar-refractivity contribution < 1.29 is 0 Å². The molecule has 0 aliphatic carbocycles. The van der Waals surface area contributed by atoms with E-state index in [0.717, 1.165) is 16.6 Å². The summed E-state index contributed by atoms with van der Waals surface area (Å²) in [5.41, 5.74) is 3.01. The maximum absolute atomic E-state index is 3.71. The third kappa shape index (κ3) is 4.10. The molecule has 0 aliphatic heterocycles. The van der Waals surface area contributed by atoms with Gasteiger partial charge in [0.25, 0.3) is 0 Å². The van der Waals surface area contributed by atoms with Crippen molar-refractivity contribution in [3.63, 3.8) is 0 Å². The van der Waals surface area contributed by atoms with Crippen molar-refractivity contribution >= 4 is 31.9 Å². The smallest absolute Gasteiger partial charge is 0.0147 e. The van der Waals surface area contributed by atoms with Crippen molar-refractivity contribution in [2.75, 3.05) is 10.7 Å². The van der Waals surface area contributed by atoms with Crippen LogP contribution in [0.25, 0.3) is 0 Å². The van der Waals surface area contributed by atoms with E-state index in [-0.39, 0.29) is 5.41 Å². The van der Waals surface area contributed by atoms with Crippen LogP contribution in [0.5, 0.6) is 0 Å². The van der Waals surface area contributed by atoms with Gasteiger partial charge in [0.2, 0.25) is 0 Å². The Labute approximate surface area is 122 Å². The van der Waals surface area contributed by atoms with Crippen LogP contribution in [0.1, 0.15) is 37.8 Å². The Kier molecular flexibility index (Phi) is 6.22. The molecule has 0 amide bonds. The van der Waals surface area contributed by atoms with E-state index in [1.807, 2.05) is 0 Å². The van der Waals surface area contributed by atoms with Gasteiger partial charge in [-0.05, 0) is 24.8 Å². The fourth-order valence-corrected chi connectivity index (χ4v) is 4.08. The number of rotatable bonds is 6. The van der Waals surface area contributed by atoms with Crippen molar-refractivity contribution in [1.29, 1.82) is 0 Å². The lowest BCUT2D eigenvalue weighted by Gasteiger charge is -2.31. The van der Waals surface area contributed by atoms with Crippen molar-refractivity contribution in [2.45, 2.75) is 39.0 Å². The Morgan fingerprint density at radius 2 is 1.59 bits per heavy atom. The van der Waals surface area contributed by atoms with Crippen LogP contribution in [0.4, 0.5) is 0 Å². The summed E-state index contributed by atoms with van der Waals surface area (Å²) in [6.07, 6.45) is 2.50. The highest BCUT2D eigenvalue weighted by Crippen LogP contribution is 2.35. The maximum Gasteiger partial charge on any atom is 0.0147 e. The lowest BCUT2D eigenvalue weighted by molar-refractivity contribution is 0.430. The zero-order valence-electron chi connectivity index (χ0n) is 11.0. The van der Waals surface area contributed by atoms with Crippen LogP contribution in [0.3, 0.4) is 0 Å². The summed E-state index contributed by atoms with van der Waals surface area (Å²) in [4.78, 5) is 0. The zero-order valence-corrected chi connectivity index (χ0v) is 14.1. The van der Waals surface area contributed by atoms with E-state index in [0.29, 0.717) is 0 Å². The lowest BCUT2D eigenvalue weighted by Crippen LogP contribution is -2.30. The molecule has 0 heterocycles. The predicted molar refractivity (Wildman–Crippen MR) is 84.5 cm³/mol. The summed E-state index contributed by atoms with van der Waals surface area (Å²) in [6.45, 7) is 6.73. The molecule has 96 valence electrons. The second kappa shape index (κ2) is 6.94. The number of benzene rings is 1. The van der Waals surface area contributed by atoms with Crippen LogP contribution in [-0.4, -0.2) is 10.7 Å². The molecule has 0 atom stereocenters. The molecule has 0 nitrogen and oxygen atoms in total. The molecule has 17 heavy (non-hydrogen) atoms. The number of aryl methyl sites for hydroxylation is 1. The van der Waals surface area contributed by atoms with E-state index < -0.39 is 0 Å². The normalized spacial score (nSPS) is 12.1. The summed E-state index contributed by atoms with van der Waals surface area (Å²) in [6, 6.07) is 8.98. The summed E-state index contributed by atoms with van der Waals surface area (Å²) < 4.78 is 0. The predicted octanol–water partition coefficient (Wildman–Crippen LogP) is 5.46. The van der Waals surface area contributed by atoms with Gasteiger partial charge in [-0.3, -0.25) is 0 Å². The van der Waals surface area contributed by atoms with Gasteiger partial charge in [0.05, 0.1) is 0 Å². The minimum atomic E-state index is 0.234. The van der Waals surface area contributed by atoms with E-state index >= 15 is 0 Å². The van der Waals surface area contributed by atoms with Crippen molar-refractivity contribution in [3.8, 4) is 0 Å². The van der Waals surface area contributed by atoms with Crippen LogP contribution in [-0.2, 0) is 5.41 Å². The molecule has 0 aliphatic rings. The first-order valence-corrected chi connectivity index (χ1v) is 8.47. The monoisotopic (exact) mass is 360 g/mol. The van der Waals surface area contributed by atoms with Gasteiger partial charge >= 0.3 is 0 Å². The SMILES string of the molecule is Cc1ccc(C(CBr)(CBr)CCC(C)C)cc1. The zero-order chi connectivity index (χ0) is 12.9. The second-order valence-corrected chi connectivity index (χ2v) is 6.47. The maximum atomic E-state index is 3.71. The largest absolute Gasteiger partial charge is 0.0918 e. The highest BCUT2D eigenvalue weighted by Gasteiger charge is 2.29. The van der Waals surface area contributed by atoms with Gasteiger partial charge < -0.3 is 0 Å². The van der Waals surface area contributed by atoms with Gasteiger partial charge in [-0.2, -0.15) is 0 Å². The molecule has 0 N–H and O–H groups in total. The highest BCUT2D eigenvalue weighted by atomic mass is 79.9. The van der Waals surface area contributed by atoms with Crippen molar-refractivity contribution in [3.05, 3.63) is 35.4 Å². The lowest BCUT2D eigenvalue weighted by atomic mass is 9.79. The Hall–Kier alpha value is 0.180. The number of alkyl halides is 2. The van der Waals surface area contributed by atoms with Crippen LogP contribution in [0, 0.1) is 12.8 Å². The van der Waals surface area contributed by atoms with Crippen LogP contribution in [0.2, 0.25) is 0 Å². The molecule has 1 aromatic rings. The van der Waals surface area contributed by atoms with E-state index in [1.54, 1.807) is 0 Å². The van der Waals surface area contributed by atoms with E-state index in [4.69, 9.17) is 0 Å². The Balaban J connectivity index is 2.93. The molecule has 0 radical (unpaired) electrons. The van der Waals surface area contributed by atoms with Gasteiger partial charge in [-0.15, -0.1) is 0 Å². The molecule has 0 spiro atoms. The minimum Gasteiger partial charge on any atom is -0.0918 e. The average Bonchev–Trinajstić information content (AvgIpc) is 2.32. The van der Waals surface area contributed by atoms with E-state index in [9.17, 15) is 0 Å². The first-order chi connectivity index (χ1) is 8.04. The summed E-state index contributed by atoms with van der Waals surface area (Å²) >= 11 is 7.42. The van der Waals surface area contributed by atoms with Crippen LogP contribution < -0.4 is 0 Å². The highest BCUT2D eigenvalue weighted by molar-refractivity contribution is 9.09. The van der Waals surface area contributed by atoms with Gasteiger partial charge in [0.1, 0.15) is 0 Å². The van der Waals surface area contributed by atoms with Gasteiger partial charge in [-0.1, -0.05) is 82.0 Å². The Morgan fingerprint density at radius 3 is 2.00 bits per heavy atom. The number of hydrogen-bond donors (Lipinski definition) is 0. The fraction of sp³-hybridized carbons (Fsp3) is 0.600. The summed E-state index contributed by atoms with van der Waals surface area (Å²) in [7, 11) is 0. The molecular formula is C15H22Br2. The first-order valence-electron chi connectivity index (χ1n) is 6.23. The van der Waals surface area contributed by atoms with Crippen molar-refractivity contribution in [2.24, 2.45) is 5.92 Å². The molecule has 0 aromatic heterocycles. The molecule has 1 rings (SSSR count). The first kappa shape index (κ1) is 15.2. The van der Waals surface area contributed by atoms with Gasteiger partial charge in [-0.25, -0.2) is 0 Å². The van der Waals surface area contributed by atoms with Crippen LogP contribution >= 0.6 is 31.9 Å². The number of halogens is 2. The van der Waals surface area contributed by atoms with E-state index in [1.165, 1.54) is 24.0 Å². The molecule has 0 fully saturated rings. The molecule has 2 heteroatoms. The van der Waals surface area contributed by atoms with Crippen LogP contribution in [0.15, 0.2) is 24.3 Å². The molecule has 0 unspecified atom stereocenters. The summed E-state index contributed by atoms with van der Waals surface area (Å²) in [5, 5.41) is 2.03. The summed E-state index contributed by atoms with van der Waals surface area (Å²) in [5.74, 6) is 0.762. The van der Waals surface area contributed by atoms with E-state index in [2.05, 4.69) is 76.9 Å². The van der Waals surface area contributed by atoms with Gasteiger partial charge in [0, 0.05) is 16.1 Å². The molecule has 0 saturated carbocycles. The quantitative estimate of drug-likeness (QED) is 0.590. The molecule has 0 saturated heterocycles. The number of hydrogen-bond acceptors (Lipinski definition) is 0. The van der Waals surface area contributed by atoms with Gasteiger partial charge in [0.15, 0.2) is 0 Å². The minimum absolute atomic E-state index is 0.234. The standard InChI is InChI=1S/C15H22Br2/c1-12(2)8-9-15(10-16,11-17)14-6-4-13(3)5-7-14/h4-7,12H,8-11H2,1-3H3. The average molecular weight is 362 g/mol. The molecular weight excluding hydrogens is 340 g/mol.